The van der Waals surface area contributed by atoms with Crippen molar-refractivity contribution in [3.8, 4) is 0 Å². The molecule has 0 N–H and O–H groups in total. The lowest BCUT2D eigenvalue weighted by atomic mass is 10.2. The van der Waals surface area contributed by atoms with E-state index in [1.165, 1.54) is 0 Å². The first-order valence-electron chi connectivity index (χ1n) is 5.98. The fourth-order valence-corrected chi connectivity index (χ4v) is 14.3. The third-order valence-electron chi connectivity index (χ3n) is 2.37. The standard InChI is InChI=1S/C12H28O2Si2/c1-12(2,3)14-10(13)11(15(4,5)6)16(7,8)9/h11H,1-9H3. The van der Waals surface area contributed by atoms with E-state index in [4.69, 9.17) is 4.74 Å². The summed E-state index contributed by atoms with van der Waals surface area (Å²) in [6, 6.07) is 0. The largest absolute Gasteiger partial charge is 0.460 e. The average molecular weight is 261 g/mol. The van der Waals surface area contributed by atoms with Gasteiger partial charge in [-0.1, -0.05) is 39.3 Å². The topological polar surface area (TPSA) is 26.3 Å². The first-order chi connectivity index (χ1) is 6.75. The molecule has 96 valence electrons. The maximum Gasteiger partial charge on any atom is 0.303 e. The van der Waals surface area contributed by atoms with Crippen molar-refractivity contribution < 1.29 is 9.53 Å². The molecule has 0 fully saturated rings. The van der Waals surface area contributed by atoms with Crippen molar-refractivity contribution in [2.24, 2.45) is 0 Å². The Hall–Kier alpha value is -0.0962. The van der Waals surface area contributed by atoms with Crippen LogP contribution in [0.1, 0.15) is 20.8 Å². The fourth-order valence-electron chi connectivity index (χ4n) is 2.37. The smallest absolute Gasteiger partial charge is 0.303 e. The fraction of sp³-hybridized carbons (Fsp3) is 0.917. The SMILES string of the molecule is CC(C)(C)OC(=O)C([Si](C)(C)C)[Si](C)(C)C. The number of hydrogen-bond acceptors (Lipinski definition) is 2. The molecule has 0 bridgehead atoms. The van der Waals surface area contributed by atoms with Crippen molar-refractivity contribution in [2.75, 3.05) is 0 Å². The minimum Gasteiger partial charge on any atom is -0.460 e. The minimum atomic E-state index is -1.50. The lowest BCUT2D eigenvalue weighted by Gasteiger charge is -2.37. The van der Waals surface area contributed by atoms with E-state index in [0.29, 0.717) is 0 Å². The molecule has 0 aromatic heterocycles. The molecule has 0 radical (unpaired) electrons. The van der Waals surface area contributed by atoms with Crippen molar-refractivity contribution >= 4 is 22.1 Å². The molecule has 2 nitrogen and oxygen atoms in total. The van der Waals surface area contributed by atoms with Crippen LogP contribution in [-0.2, 0) is 9.53 Å². The minimum absolute atomic E-state index is 0.0332. The van der Waals surface area contributed by atoms with Gasteiger partial charge < -0.3 is 4.74 Å². The molecule has 0 saturated carbocycles. The second-order valence-corrected chi connectivity index (χ2v) is 18.9. The van der Waals surface area contributed by atoms with Crippen molar-refractivity contribution in [3.05, 3.63) is 0 Å². The first-order valence-corrected chi connectivity index (χ1v) is 13.1. The second kappa shape index (κ2) is 4.65. The zero-order valence-corrected chi connectivity index (χ0v) is 14.4. The van der Waals surface area contributed by atoms with Crippen molar-refractivity contribution in [2.45, 2.75) is 70.8 Å². The Morgan fingerprint density at radius 2 is 1.25 bits per heavy atom. The highest BCUT2D eigenvalue weighted by Gasteiger charge is 2.44. The third-order valence-corrected chi connectivity index (χ3v) is 11.5. The molecule has 0 amide bonds. The molecule has 0 spiro atoms. The highest BCUT2D eigenvalue weighted by atomic mass is 28.4. The zero-order valence-electron chi connectivity index (χ0n) is 12.4. The van der Waals surface area contributed by atoms with Gasteiger partial charge in [-0.15, -0.1) is 0 Å². The van der Waals surface area contributed by atoms with Gasteiger partial charge in [-0.05, 0) is 20.8 Å². The van der Waals surface area contributed by atoms with Crippen molar-refractivity contribution in [1.29, 1.82) is 0 Å². The van der Waals surface area contributed by atoms with E-state index >= 15 is 0 Å². The molecule has 0 heterocycles. The van der Waals surface area contributed by atoms with Gasteiger partial charge in [-0.2, -0.15) is 0 Å². The van der Waals surface area contributed by atoms with E-state index in [0.717, 1.165) is 0 Å². The van der Waals surface area contributed by atoms with Crippen molar-refractivity contribution in [3.63, 3.8) is 0 Å². The van der Waals surface area contributed by atoms with Crippen LogP contribution >= 0.6 is 0 Å². The number of carbonyl (C=O) groups excluding carboxylic acids is 1. The van der Waals surface area contributed by atoms with E-state index in [-0.39, 0.29) is 16.7 Å². The van der Waals surface area contributed by atoms with Gasteiger partial charge in [0.15, 0.2) is 0 Å². The highest BCUT2D eigenvalue weighted by Crippen LogP contribution is 2.34. The highest BCUT2D eigenvalue weighted by molar-refractivity contribution is 6.99. The predicted molar refractivity (Wildman–Crippen MR) is 76.3 cm³/mol. The Balaban J connectivity index is 5.03. The van der Waals surface area contributed by atoms with E-state index < -0.39 is 16.1 Å². The summed E-state index contributed by atoms with van der Waals surface area (Å²) in [5.41, 5.74) is -0.366. The molecule has 0 aromatic rings. The molecule has 4 heteroatoms. The lowest BCUT2D eigenvalue weighted by Crippen LogP contribution is -2.50. The summed E-state index contributed by atoms with van der Waals surface area (Å²) in [4.78, 5) is 12.3. The van der Waals surface area contributed by atoms with E-state index in [9.17, 15) is 4.79 Å². The molecule has 0 unspecified atom stereocenters. The maximum absolute atomic E-state index is 12.3. The molecule has 0 aliphatic rings. The summed E-state index contributed by atoms with van der Waals surface area (Å²) in [5, 5.41) is 0.180. The third kappa shape index (κ3) is 5.30. The van der Waals surface area contributed by atoms with Crippen LogP contribution < -0.4 is 0 Å². The predicted octanol–water partition coefficient (Wildman–Crippen LogP) is 3.91. The average Bonchev–Trinajstić information content (AvgIpc) is 1.70. The van der Waals surface area contributed by atoms with Crippen LogP contribution in [0, 0.1) is 0 Å². The molecule has 0 saturated heterocycles. The Morgan fingerprint density at radius 3 is 1.44 bits per heavy atom. The van der Waals surface area contributed by atoms with Gasteiger partial charge in [0.25, 0.3) is 0 Å². The summed E-state index contributed by atoms with van der Waals surface area (Å²) in [7, 11) is -3.00. The zero-order chi connectivity index (χ0) is 13.4. The molecular weight excluding hydrogens is 232 g/mol. The number of carbonyl (C=O) groups is 1. The molecule has 0 aliphatic carbocycles. The Bertz CT molecular complexity index is 240. The summed E-state index contributed by atoms with van der Waals surface area (Å²) in [6.45, 7) is 19.4. The van der Waals surface area contributed by atoms with Crippen molar-refractivity contribution in [1.82, 2.24) is 0 Å². The molecule has 0 aromatic carbocycles. The summed E-state index contributed by atoms with van der Waals surface area (Å²) in [5.74, 6) is 0.0332. The van der Waals surface area contributed by atoms with Gasteiger partial charge in [0.1, 0.15) is 5.60 Å². The maximum atomic E-state index is 12.3. The van der Waals surface area contributed by atoms with Crippen LogP contribution in [0.15, 0.2) is 0 Å². The van der Waals surface area contributed by atoms with Crippen LogP contribution in [0.3, 0.4) is 0 Å². The lowest BCUT2D eigenvalue weighted by molar-refractivity contribution is -0.153. The summed E-state index contributed by atoms with van der Waals surface area (Å²) in [6.07, 6.45) is 0. The van der Waals surface area contributed by atoms with Gasteiger partial charge in [-0.25, -0.2) is 0 Å². The van der Waals surface area contributed by atoms with Gasteiger partial charge in [0.05, 0.1) is 16.1 Å². The number of hydrogen-bond donors (Lipinski definition) is 0. The Morgan fingerprint density at radius 1 is 0.938 bits per heavy atom. The van der Waals surface area contributed by atoms with Gasteiger partial charge in [0, 0.05) is 5.16 Å². The number of ether oxygens (including phenoxy) is 1. The van der Waals surface area contributed by atoms with Gasteiger partial charge in [-0.3, -0.25) is 4.79 Å². The summed E-state index contributed by atoms with van der Waals surface area (Å²) < 4.78 is 5.58. The van der Waals surface area contributed by atoms with Crippen LogP contribution in [0.5, 0.6) is 0 Å². The van der Waals surface area contributed by atoms with Gasteiger partial charge >= 0.3 is 5.97 Å². The van der Waals surface area contributed by atoms with E-state index in [1.807, 2.05) is 20.8 Å². The van der Waals surface area contributed by atoms with Crippen LogP contribution in [-0.4, -0.2) is 27.7 Å². The van der Waals surface area contributed by atoms with Crippen LogP contribution in [0.4, 0.5) is 0 Å². The quantitative estimate of drug-likeness (QED) is 0.568. The molecular formula is C12H28O2Si2. The molecule has 16 heavy (non-hydrogen) atoms. The second-order valence-electron chi connectivity index (χ2n) is 7.70. The Kier molecular flexibility index (Phi) is 4.62. The number of rotatable bonds is 3. The normalized spacial score (nSPS) is 14.1. The molecule has 0 atom stereocenters. The van der Waals surface area contributed by atoms with Gasteiger partial charge in [0.2, 0.25) is 0 Å². The molecule has 0 rings (SSSR count). The Labute approximate surface area is 103 Å². The van der Waals surface area contributed by atoms with Crippen LogP contribution in [0.25, 0.3) is 0 Å². The van der Waals surface area contributed by atoms with E-state index in [1.54, 1.807) is 0 Å². The number of esters is 1. The molecule has 0 aliphatic heterocycles. The monoisotopic (exact) mass is 260 g/mol. The van der Waals surface area contributed by atoms with Crippen LogP contribution in [0.2, 0.25) is 44.4 Å². The first kappa shape index (κ1) is 15.9. The summed E-state index contributed by atoms with van der Waals surface area (Å²) >= 11 is 0. The van der Waals surface area contributed by atoms with E-state index in [2.05, 4.69) is 39.3 Å².